The molecule has 0 fully saturated rings. The summed E-state index contributed by atoms with van der Waals surface area (Å²) in [7, 11) is 0. The number of hydrogen-bond acceptors (Lipinski definition) is 2. The monoisotopic (exact) mass is 227 g/mol. The Hall–Kier alpha value is -1.64. The largest absolute Gasteiger partial charge is 0.384 e. The van der Waals surface area contributed by atoms with Gasteiger partial charge in [0.1, 0.15) is 6.10 Å². The Morgan fingerprint density at radius 2 is 1.71 bits per heavy atom. The molecular weight excluding hydrogens is 210 g/mol. The lowest BCUT2D eigenvalue weighted by Gasteiger charge is -2.14. The summed E-state index contributed by atoms with van der Waals surface area (Å²) in [5, 5.41) is 10.3. The fourth-order valence-electron chi connectivity index (χ4n) is 1.91. The fourth-order valence-corrected chi connectivity index (χ4v) is 1.91. The van der Waals surface area contributed by atoms with Gasteiger partial charge in [-0.15, -0.1) is 0 Å². The van der Waals surface area contributed by atoms with Gasteiger partial charge in [0, 0.05) is 6.54 Å². The fraction of sp³-hybridized carbons (Fsp3) is 0.200. The zero-order valence-electron chi connectivity index (χ0n) is 9.93. The van der Waals surface area contributed by atoms with Crippen molar-refractivity contribution in [2.75, 3.05) is 0 Å². The van der Waals surface area contributed by atoms with Crippen molar-refractivity contribution in [1.82, 2.24) is 0 Å². The zero-order chi connectivity index (χ0) is 12.3. The highest BCUT2D eigenvalue weighted by molar-refractivity contribution is 5.36. The molecule has 3 N–H and O–H groups in total. The molecule has 1 unspecified atom stereocenters. The normalized spacial score (nSPS) is 12.4. The van der Waals surface area contributed by atoms with Crippen molar-refractivity contribution in [3.05, 3.63) is 70.8 Å². The molecular formula is C15H17NO. The van der Waals surface area contributed by atoms with Crippen molar-refractivity contribution in [3.63, 3.8) is 0 Å². The third-order valence-electron chi connectivity index (χ3n) is 3.01. The van der Waals surface area contributed by atoms with Crippen molar-refractivity contribution >= 4 is 0 Å². The molecule has 0 radical (unpaired) electrons. The van der Waals surface area contributed by atoms with E-state index in [1.54, 1.807) is 0 Å². The number of aryl methyl sites for hydroxylation is 1. The summed E-state index contributed by atoms with van der Waals surface area (Å²) in [4.78, 5) is 0. The Balaban J connectivity index is 2.30. The molecule has 17 heavy (non-hydrogen) atoms. The van der Waals surface area contributed by atoms with E-state index in [2.05, 4.69) is 0 Å². The van der Waals surface area contributed by atoms with E-state index in [1.165, 1.54) is 0 Å². The first-order valence-corrected chi connectivity index (χ1v) is 5.75. The second-order valence-electron chi connectivity index (χ2n) is 4.20. The molecule has 0 amide bonds. The van der Waals surface area contributed by atoms with Crippen LogP contribution in [0.2, 0.25) is 0 Å². The smallest absolute Gasteiger partial charge is 0.104 e. The van der Waals surface area contributed by atoms with Crippen LogP contribution >= 0.6 is 0 Å². The zero-order valence-corrected chi connectivity index (χ0v) is 9.93. The molecule has 0 saturated heterocycles. The van der Waals surface area contributed by atoms with Crippen LogP contribution < -0.4 is 5.73 Å². The first kappa shape index (κ1) is 11.8. The summed E-state index contributed by atoms with van der Waals surface area (Å²) in [5.74, 6) is 0. The van der Waals surface area contributed by atoms with Crippen molar-refractivity contribution in [2.45, 2.75) is 19.6 Å². The SMILES string of the molecule is Cc1ccccc1C(O)c1ccc(CN)cc1. The Bertz CT molecular complexity index is 491. The van der Waals surface area contributed by atoms with Crippen LogP contribution in [0.5, 0.6) is 0 Å². The Morgan fingerprint density at radius 3 is 2.29 bits per heavy atom. The van der Waals surface area contributed by atoms with Crippen LogP contribution in [0, 0.1) is 6.92 Å². The number of aliphatic hydroxyl groups excluding tert-OH is 1. The van der Waals surface area contributed by atoms with Gasteiger partial charge in [0.25, 0.3) is 0 Å². The lowest BCUT2D eigenvalue weighted by Crippen LogP contribution is -2.02. The molecule has 0 spiro atoms. The van der Waals surface area contributed by atoms with E-state index in [9.17, 15) is 5.11 Å². The number of aliphatic hydroxyl groups is 1. The third-order valence-corrected chi connectivity index (χ3v) is 3.01. The first-order valence-electron chi connectivity index (χ1n) is 5.75. The van der Waals surface area contributed by atoms with Crippen LogP contribution in [-0.4, -0.2) is 5.11 Å². The van der Waals surface area contributed by atoms with Crippen LogP contribution in [0.25, 0.3) is 0 Å². The van der Waals surface area contributed by atoms with Gasteiger partial charge in [-0.1, -0.05) is 48.5 Å². The average Bonchev–Trinajstić information content (AvgIpc) is 2.39. The number of hydrogen-bond donors (Lipinski definition) is 2. The van der Waals surface area contributed by atoms with Gasteiger partial charge < -0.3 is 10.8 Å². The summed E-state index contributed by atoms with van der Waals surface area (Å²) < 4.78 is 0. The molecule has 2 nitrogen and oxygen atoms in total. The Labute approximate surface area is 102 Å². The predicted molar refractivity (Wildman–Crippen MR) is 69.6 cm³/mol. The van der Waals surface area contributed by atoms with Gasteiger partial charge in [0.2, 0.25) is 0 Å². The summed E-state index contributed by atoms with van der Waals surface area (Å²) in [6, 6.07) is 15.7. The molecule has 2 heteroatoms. The molecule has 88 valence electrons. The van der Waals surface area contributed by atoms with E-state index in [-0.39, 0.29) is 0 Å². The lowest BCUT2D eigenvalue weighted by atomic mass is 9.97. The van der Waals surface area contributed by atoms with Gasteiger partial charge in [-0.3, -0.25) is 0 Å². The van der Waals surface area contributed by atoms with Crippen molar-refractivity contribution in [2.24, 2.45) is 5.73 Å². The minimum atomic E-state index is -0.567. The van der Waals surface area contributed by atoms with Crippen LogP contribution in [0.1, 0.15) is 28.4 Å². The summed E-state index contributed by atoms with van der Waals surface area (Å²) in [6.07, 6.45) is -0.567. The third kappa shape index (κ3) is 2.54. The van der Waals surface area contributed by atoms with Gasteiger partial charge >= 0.3 is 0 Å². The van der Waals surface area contributed by atoms with Crippen molar-refractivity contribution in [3.8, 4) is 0 Å². The molecule has 2 rings (SSSR count). The molecule has 0 aliphatic heterocycles. The van der Waals surface area contributed by atoms with Crippen LogP contribution in [0.4, 0.5) is 0 Å². The topological polar surface area (TPSA) is 46.2 Å². The highest BCUT2D eigenvalue weighted by Gasteiger charge is 2.11. The number of rotatable bonds is 3. The van der Waals surface area contributed by atoms with Crippen molar-refractivity contribution < 1.29 is 5.11 Å². The van der Waals surface area contributed by atoms with Gasteiger partial charge in [0.05, 0.1) is 0 Å². The van der Waals surface area contributed by atoms with Gasteiger partial charge in [-0.05, 0) is 29.2 Å². The molecule has 1 atom stereocenters. The van der Waals surface area contributed by atoms with Crippen LogP contribution in [-0.2, 0) is 6.54 Å². The van der Waals surface area contributed by atoms with E-state index in [4.69, 9.17) is 5.73 Å². The lowest BCUT2D eigenvalue weighted by molar-refractivity contribution is 0.219. The van der Waals surface area contributed by atoms with E-state index >= 15 is 0 Å². The standard InChI is InChI=1S/C15H17NO/c1-11-4-2-3-5-14(11)15(17)13-8-6-12(10-16)7-9-13/h2-9,15,17H,10,16H2,1H3. The maximum absolute atomic E-state index is 10.3. The minimum Gasteiger partial charge on any atom is -0.384 e. The molecule has 0 saturated carbocycles. The maximum Gasteiger partial charge on any atom is 0.104 e. The first-order chi connectivity index (χ1) is 8.22. The second kappa shape index (κ2) is 5.13. The molecule has 0 aromatic heterocycles. The second-order valence-corrected chi connectivity index (χ2v) is 4.20. The summed E-state index contributed by atoms with van der Waals surface area (Å²) >= 11 is 0. The highest BCUT2D eigenvalue weighted by Crippen LogP contribution is 2.24. The minimum absolute atomic E-state index is 0.529. The number of benzene rings is 2. The molecule has 0 aliphatic rings. The van der Waals surface area contributed by atoms with E-state index < -0.39 is 6.10 Å². The van der Waals surface area contributed by atoms with Gasteiger partial charge in [-0.2, -0.15) is 0 Å². The van der Waals surface area contributed by atoms with E-state index in [0.717, 1.165) is 22.3 Å². The summed E-state index contributed by atoms with van der Waals surface area (Å²) in [6.45, 7) is 2.54. The quantitative estimate of drug-likeness (QED) is 0.846. The molecule has 0 bridgehead atoms. The van der Waals surface area contributed by atoms with Crippen molar-refractivity contribution in [1.29, 1.82) is 0 Å². The molecule has 0 heterocycles. The molecule has 0 aliphatic carbocycles. The predicted octanol–water partition coefficient (Wildman–Crippen LogP) is 2.54. The van der Waals surface area contributed by atoms with E-state index in [1.807, 2.05) is 55.5 Å². The van der Waals surface area contributed by atoms with Gasteiger partial charge in [0.15, 0.2) is 0 Å². The summed E-state index contributed by atoms with van der Waals surface area (Å²) in [5.41, 5.74) is 9.57. The Kier molecular flexibility index (Phi) is 3.57. The van der Waals surface area contributed by atoms with E-state index in [0.29, 0.717) is 6.54 Å². The molecule has 2 aromatic rings. The average molecular weight is 227 g/mol. The van der Waals surface area contributed by atoms with Gasteiger partial charge in [-0.25, -0.2) is 0 Å². The van der Waals surface area contributed by atoms with Crippen LogP contribution in [0.15, 0.2) is 48.5 Å². The Morgan fingerprint density at radius 1 is 1.06 bits per heavy atom. The molecule has 2 aromatic carbocycles. The highest BCUT2D eigenvalue weighted by atomic mass is 16.3. The maximum atomic E-state index is 10.3. The van der Waals surface area contributed by atoms with Crippen LogP contribution in [0.3, 0.4) is 0 Å². The number of nitrogens with two attached hydrogens (primary N) is 1.